The van der Waals surface area contributed by atoms with Crippen LogP contribution in [0.4, 0.5) is 4.79 Å². The Hall–Kier alpha value is -3.43. The summed E-state index contributed by atoms with van der Waals surface area (Å²) in [6.07, 6.45) is 4.52. The van der Waals surface area contributed by atoms with E-state index in [9.17, 15) is 9.59 Å². The van der Waals surface area contributed by atoms with Gasteiger partial charge < -0.3 is 19.1 Å². The molecule has 0 radical (unpaired) electrons. The molecule has 1 aliphatic heterocycles. The minimum atomic E-state index is -0.529. The molecule has 4 rings (SSSR count). The Balaban J connectivity index is 1.59. The SMILES string of the molecule is CC(C)=Cc1nc(-c2cnn3c(C4CCN(C(=O)OC(C)(C)C)CC4)cc(=O)[nH]c23)no1. The lowest BCUT2D eigenvalue weighted by Crippen LogP contribution is -2.41. The molecule has 3 aromatic rings. The van der Waals surface area contributed by atoms with Crippen LogP contribution in [-0.2, 0) is 4.74 Å². The van der Waals surface area contributed by atoms with E-state index in [1.54, 1.807) is 27.8 Å². The maximum absolute atomic E-state index is 12.5. The number of hydrogen-bond acceptors (Lipinski definition) is 7. The van der Waals surface area contributed by atoms with Gasteiger partial charge in [-0.1, -0.05) is 10.7 Å². The molecule has 10 heteroatoms. The van der Waals surface area contributed by atoms with E-state index in [1.807, 2.05) is 34.6 Å². The number of piperidine rings is 1. The zero-order valence-corrected chi connectivity index (χ0v) is 19.0. The van der Waals surface area contributed by atoms with E-state index in [1.165, 1.54) is 0 Å². The summed E-state index contributed by atoms with van der Waals surface area (Å²) < 4.78 is 12.5. The van der Waals surface area contributed by atoms with Gasteiger partial charge >= 0.3 is 6.09 Å². The van der Waals surface area contributed by atoms with E-state index >= 15 is 0 Å². The van der Waals surface area contributed by atoms with E-state index in [0.29, 0.717) is 48.9 Å². The molecule has 0 saturated carbocycles. The molecule has 0 aliphatic carbocycles. The normalized spacial score (nSPS) is 15.2. The zero-order chi connectivity index (χ0) is 23.0. The highest BCUT2D eigenvalue weighted by atomic mass is 16.6. The van der Waals surface area contributed by atoms with Crippen LogP contribution in [0.2, 0.25) is 0 Å². The second-order valence-electron chi connectivity index (χ2n) is 9.30. The Morgan fingerprint density at radius 3 is 2.66 bits per heavy atom. The maximum atomic E-state index is 12.5. The molecule has 170 valence electrons. The van der Waals surface area contributed by atoms with Gasteiger partial charge in [0, 0.05) is 31.1 Å². The predicted octanol–water partition coefficient (Wildman–Crippen LogP) is 3.61. The van der Waals surface area contributed by atoms with Crippen LogP contribution >= 0.6 is 0 Å². The molecule has 1 aliphatic rings. The molecular formula is C22H28N6O4. The van der Waals surface area contributed by atoms with Crippen molar-refractivity contribution in [3.8, 4) is 11.4 Å². The Labute approximate surface area is 185 Å². The zero-order valence-electron chi connectivity index (χ0n) is 19.0. The number of rotatable bonds is 3. The van der Waals surface area contributed by atoms with Gasteiger partial charge in [-0.3, -0.25) is 4.79 Å². The van der Waals surface area contributed by atoms with Crippen molar-refractivity contribution in [2.24, 2.45) is 0 Å². The molecule has 3 aromatic heterocycles. The lowest BCUT2D eigenvalue weighted by molar-refractivity contribution is 0.0203. The molecular weight excluding hydrogens is 412 g/mol. The second kappa shape index (κ2) is 8.25. The third-order valence-corrected chi connectivity index (χ3v) is 5.19. The maximum Gasteiger partial charge on any atom is 0.410 e. The quantitative estimate of drug-likeness (QED) is 0.661. The monoisotopic (exact) mass is 440 g/mol. The molecule has 1 amide bonds. The summed E-state index contributed by atoms with van der Waals surface area (Å²) >= 11 is 0. The fourth-order valence-corrected chi connectivity index (χ4v) is 3.80. The van der Waals surface area contributed by atoms with Crippen molar-refractivity contribution < 1.29 is 14.1 Å². The molecule has 0 bridgehead atoms. The van der Waals surface area contributed by atoms with Gasteiger partial charge in [-0.15, -0.1) is 0 Å². The summed E-state index contributed by atoms with van der Waals surface area (Å²) in [6, 6.07) is 1.57. The van der Waals surface area contributed by atoms with Crippen molar-refractivity contribution >= 4 is 17.8 Å². The van der Waals surface area contributed by atoms with Gasteiger partial charge in [0.15, 0.2) is 0 Å². The molecule has 0 aromatic carbocycles. The standard InChI is InChI=1S/C22H28N6O4/c1-13(2)10-18-25-19(26-32-18)15-12-23-28-16(11-17(29)24-20(15)28)14-6-8-27(9-7-14)21(30)31-22(3,4)5/h10-12,14H,6-9H2,1-5H3,(H,24,29). The number of fused-ring (bicyclic) bond motifs is 1. The number of aromatic nitrogens is 5. The molecule has 0 unspecified atom stereocenters. The van der Waals surface area contributed by atoms with Gasteiger partial charge in [-0.2, -0.15) is 10.1 Å². The number of H-pyrrole nitrogens is 1. The first-order chi connectivity index (χ1) is 15.1. The third kappa shape index (κ3) is 4.58. The highest BCUT2D eigenvalue weighted by Gasteiger charge is 2.29. The number of likely N-dealkylation sites (tertiary alicyclic amines) is 1. The minimum Gasteiger partial charge on any atom is -0.444 e. The number of hydrogen-bond donors (Lipinski definition) is 1. The van der Waals surface area contributed by atoms with E-state index in [-0.39, 0.29) is 17.6 Å². The smallest absolute Gasteiger partial charge is 0.410 e. The third-order valence-electron chi connectivity index (χ3n) is 5.19. The average Bonchev–Trinajstić information content (AvgIpc) is 3.32. The van der Waals surface area contributed by atoms with Crippen LogP contribution < -0.4 is 5.56 Å². The number of carbonyl (C=O) groups is 1. The molecule has 10 nitrogen and oxygen atoms in total. The molecule has 1 saturated heterocycles. The largest absolute Gasteiger partial charge is 0.444 e. The molecule has 0 spiro atoms. The average molecular weight is 441 g/mol. The predicted molar refractivity (Wildman–Crippen MR) is 118 cm³/mol. The fraction of sp³-hybridized carbons (Fsp3) is 0.500. The Kier molecular flexibility index (Phi) is 5.62. The number of nitrogens with zero attached hydrogens (tertiary/aromatic N) is 5. The lowest BCUT2D eigenvalue weighted by Gasteiger charge is -2.33. The van der Waals surface area contributed by atoms with Crippen molar-refractivity contribution in [2.45, 2.75) is 59.0 Å². The van der Waals surface area contributed by atoms with Crippen molar-refractivity contribution in [2.75, 3.05) is 13.1 Å². The van der Waals surface area contributed by atoms with Crippen LogP contribution in [0.15, 0.2) is 27.2 Å². The van der Waals surface area contributed by atoms with Crippen molar-refractivity contribution in [3.05, 3.63) is 39.8 Å². The number of ether oxygens (including phenoxy) is 1. The summed E-state index contributed by atoms with van der Waals surface area (Å²) in [7, 11) is 0. The van der Waals surface area contributed by atoms with Gasteiger partial charge in [-0.25, -0.2) is 9.31 Å². The van der Waals surface area contributed by atoms with Gasteiger partial charge in [0.1, 0.15) is 11.2 Å². The molecule has 1 fully saturated rings. The Bertz CT molecular complexity index is 1220. The number of carbonyl (C=O) groups excluding carboxylic acids is 1. The summed E-state index contributed by atoms with van der Waals surface area (Å²) in [5.41, 5.74) is 2.19. The lowest BCUT2D eigenvalue weighted by atomic mass is 9.93. The first kappa shape index (κ1) is 21.8. The summed E-state index contributed by atoms with van der Waals surface area (Å²) in [4.78, 5) is 33.8. The number of allylic oxidation sites excluding steroid dienone is 1. The summed E-state index contributed by atoms with van der Waals surface area (Å²) in [5.74, 6) is 0.838. The van der Waals surface area contributed by atoms with E-state index in [0.717, 1.165) is 11.3 Å². The van der Waals surface area contributed by atoms with Crippen LogP contribution in [0.1, 0.15) is 65.0 Å². The molecule has 4 heterocycles. The van der Waals surface area contributed by atoms with E-state index < -0.39 is 5.60 Å². The summed E-state index contributed by atoms with van der Waals surface area (Å²) in [5, 5.41) is 8.52. The van der Waals surface area contributed by atoms with Crippen LogP contribution in [0.5, 0.6) is 0 Å². The first-order valence-corrected chi connectivity index (χ1v) is 10.7. The van der Waals surface area contributed by atoms with Crippen molar-refractivity contribution in [1.29, 1.82) is 0 Å². The molecule has 0 atom stereocenters. The Morgan fingerprint density at radius 2 is 2.00 bits per heavy atom. The second-order valence-corrected chi connectivity index (χ2v) is 9.30. The number of aromatic amines is 1. The molecule has 32 heavy (non-hydrogen) atoms. The van der Waals surface area contributed by atoms with E-state index in [4.69, 9.17) is 9.26 Å². The highest BCUT2D eigenvalue weighted by molar-refractivity contribution is 5.72. The van der Waals surface area contributed by atoms with Gasteiger partial charge in [0.2, 0.25) is 5.82 Å². The van der Waals surface area contributed by atoms with Gasteiger partial charge in [-0.05, 0) is 47.5 Å². The number of amides is 1. The topological polar surface area (TPSA) is 119 Å². The Morgan fingerprint density at radius 1 is 1.28 bits per heavy atom. The van der Waals surface area contributed by atoms with Gasteiger partial charge in [0.05, 0.1) is 17.5 Å². The van der Waals surface area contributed by atoms with Crippen LogP contribution in [0.3, 0.4) is 0 Å². The molecule has 1 N–H and O–H groups in total. The summed E-state index contributed by atoms with van der Waals surface area (Å²) in [6.45, 7) is 10.6. The fourth-order valence-electron chi connectivity index (χ4n) is 3.80. The van der Waals surface area contributed by atoms with Crippen LogP contribution in [-0.4, -0.2) is 54.4 Å². The first-order valence-electron chi connectivity index (χ1n) is 10.7. The number of nitrogens with one attached hydrogen (secondary N) is 1. The van der Waals surface area contributed by atoms with Crippen LogP contribution in [0, 0.1) is 0 Å². The van der Waals surface area contributed by atoms with E-state index in [2.05, 4.69) is 20.2 Å². The minimum absolute atomic E-state index is 0.0812. The van der Waals surface area contributed by atoms with Gasteiger partial charge in [0.25, 0.3) is 11.4 Å². The van der Waals surface area contributed by atoms with Crippen molar-refractivity contribution in [3.63, 3.8) is 0 Å². The van der Waals surface area contributed by atoms with Crippen LogP contribution in [0.25, 0.3) is 23.1 Å². The highest BCUT2D eigenvalue weighted by Crippen LogP contribution is 2.30. The van der Waals surface area contributed by atoms with Crippen molar-refractivity contribution in [1.82, 2.24) is 29.6 Å².